The average molecular weight is 204 g/mol. The topological polar surface area (TPSA) is 63.6 Å². The molecular formula is C8H12O4S. The number of carbonyl (C=O) groups excluding carboxylic acids is 1. The summed E-state index contributed by atoms with van der Waals surface area (Å²) in [6.45, 7) is 0. The van der Waals surface area contributed by atoms with Crippen molar-refractivity contribution in [1.82, 2.24) is 0 Å². The van der Waals surface area contributed by atoms with E-state index in [0.29, 0.717) is 12.2 Å². The van der Waals surface area contributed by atoms with Gasteiger partial charge in [0.25, 0.3) is 0 Å². The van der Waals surface area contributed by atoms with Crippen LogP contribution in [0.1, 0.15) is 6.42 Å². The lowest BCUT2D eigenvalue weighted by Crippen LogP contribution is -2.35. The molecule has 1 aliphatic rings. The summed E-state index contributed by atoms with van der Waals surface area (Å²) < 4.78 is 4.55. The highest BCUT2D eigenvalue weighted by Crippen LogP contribution is 2.29. The predicted molar refractivity (Wildman–Crippen MR) is 48.6 cm³/mol. The van der Waals surface area contributed by atoms with Gasteiger partial charge in [-0.15, -0.1) is 0 Å². The highest BCUT2D eigenvalue weighted by molar-refractivity contribution is 7.99. The van der Waals surface area contributed by atoms with E-state index in [-0.39, 0.29) is 0 Å². The number of thioether (sulfide) groups is 1. The fraction of sp³-hybridized carbons (Fsp3) is 0.750. The van der Waals surface area contributed by atoms with Gasteiger partial charge in [-0.05, 0) is 12.2 Å². The van der Waals surface area contributed by atoms with Crippen molar-refractivity contribution in [1.29, 1.82) is 0 Å². The first-order chi connectivity index (χ1) is 6.16. The molecular weight excluding hydrogens is 192 g/mol. The SMILES string of the molecule is COC(=O)C1CSCCC1C(=O)O. The molecule has 0 aromatic carbocycles. The quantitative estimate of drug-likeness (QED) is 0.668. The second kappa shape index (κ2) is 4.50. The van der Waals surface area contributed by atoms with Crippen molar-refractivity contribution >= 4 is 23.7 Å². The van der Waals surface area contributed by atoms with Crippen LogP contribution in [0.5, 0.6) is 0 Å². The van der Waals surface area contributed by atoms with E-state index in [4.69, 9.17) is 5.11 Å². The van der Waals surface area contributed by atoms with Gasteiger partial charge in [0.1, 0.15) is 0 Å². The second-order valence-electron chi connectivity index (χ2n) is 2.94. The standard InChI is InChI=1S/C8H12O4S/c1-12-8(11)6-4-13-3-2-5(6)7(9)10/h5-6H,2-4H2,1H3,(H,9,10). The third kappa shape index (κ3) is 2.37. The van der Waals surface area contributed by atoms with Crippen LogP contribution in [0, 0.1) is 11.8 Å². The van der Waals surface area contributed by atoms with Crippen LogP contribution < -0.4 is 0 Å². The summed E-state index contributed by atoms with van der Waals surface area (Å²) in [6, 6.07) is 0. The molecule has 1 rings (SSSR count). The molecule has 4 nitrogen and oxygen atoms in total. The third-order valence-electron chi connectivity index (χ3n) is 2.18. The Labute approximate surface area is 80.6 Å². The maximum atomic E-state index is 11.2. The minimum Gasteiger partial charge on any atom is -0.481 e. The first kappa shape index (κ1) is 10.4. The number of esters is 1. The van der Waals surface area contributed by atoms with Gasteiger partial charge in [0.05, 0.1) is 18.9 Å². The summed E-state index contributed by atoms with van der Waals surface area (Å²) in [7, 11) is 1.29. The number of carboxylic acid groups (broad SMARTS) is 1. The Balaban J connectivity index is 2.67. The van der Waals surface area contributed by atoms with Crippen LogP contribution >= 0.6 is 11.8 Å². The zero-order valence-electron chi connectivity index (χ0n) is 7.36. The Bertz CT molecular complexity index is 216. The molecule has 0 aliphatic carbocycles. The molecule has 0 aromatic rings. The van der Waals surface area contributed by atoms with Gasteiger partial charge in [0.2, 0.25) is 0 Å². The van der Waals surface area contributed by atoms with Gasteiger partial charge in [-0.1, -0.05) is 0 Å². The summed E-state index contributed by atoms with van der Waals surface area (Å²) in [5.74, 6) is -0.959. The Morgan fingerprint density at radius 3 is 2.69 bits per heavy atom. The molecule has 0 bridgehead atoms. The lowest BCUT2D eigenvalue weighted by atomic mass is 9.91. The lowest BCUT2D eigenvalue weighted by molar-refractivity contribution is -0.155. The first-order valence-corrected chi connectivity index (χ1v) is 5.20. The Hall–Kier alpha value is -0.710. The van der Waals surface area contributed by atoms with Gasteiger partial charge in [-0.2, -0.15) is 11.8 Å². The molecule has 1 saturated heterocycles. The van der Waals surface area contributed by atoms with Gasteiger partial charge < -0.3 is 9.84 Å². The smallest absolute Gasteiger partial charge is 0.310 e. The van der Waals surface area contributed by atoms with Gasteiger partial charge >= 0.3 is 11.9 Å². The van der Waals surface area contributed by atoms with Crippen LogP contribution in [-0.4, -0.2) is 35.7 Å². The van der Waals surface area contributed by atoms with Crippen LogP contribution in [0.25, 0.3) is 0 Å². The van der Waals surface area contributed by atoms with Crippen molar-refractivity contribution < 1.29 is 19.4 Å². The number of rotatable bonds is 2. The number of methoxy groups -OCH3 is 1. The zero-order valence-corrected chi connectivity index (χ0v) is 8.17. The van der Waals surface area contributed by atoms with Crippen molar-refractivity contribution in [3.05, 3.63) is 0 Å². The molecule has 0 radical (unpaired) electrons. The number of hydrogen-bond acceptors (Lipinski definition) is 4. The Morgan fingerprint density at radius 2 is 2.15 bits per heavy atom. The molecule has 13 heavy (non-hydrogen) atoms. The van der Waals surface area contributed by atoms with Crippen molar-refractivity contribution in [3.63, 3.8) is 0 Å². The predicted octanol–water partition coefficient (Wildman–Crippen LogP) is 0.613. The van der Waals surface area contributed by atoms with Crippen LogP contribution in [0.2, 0.25) is 0 Å². The molecule has 0 aromatic heterocycles. The summed E-state index contributed by atoms with van der Waals surface area (Å²) in [5, 5.41) is 8.84. The van der Waals surface area contributed by atoms with Crippen LogP contribution in [-0.2, 0) is 14.3 Å². The monoisotopic (exact) mass is 204 g/mol. The van der Waals surface area contributed by atoms with Crippen LogP contribution in [0.4, 0.5) is 0 Å². The van der Waals surface area contributed by atoms with Gasteiger partial charge in [-0.3, -0.25) is 9.59 Å². The number of hydrogen-bond donors (Lipinski definition) is 1. The Kier molecular flexibility index (Phi) is 3.59. The van der Waals surface area contributed by atoms with E-state index in [9.17, 15) is 9.59 Å². The largest absolute Gasteiger partial charge is 0.481 e. The average Bonchev–Trinajstić information content (AvgIpc) is 2.16. The van der Waals surface area contributed by atoms with E-state index in [1.54, 1.807) is 11.8 Å². The van der Waals surface area contributed by atoms with Crippen molar-refractivity contribution in [2.45, 2.75) is 6.42 Å². The zero-order chi connectivity index (χ0) is 9.84. The molecule has 2 atom stereocenters. The van der Waals surface area contributed by atoms with Crippen molar-refractivity contribution in [2.24, 2.45) is 11.8 Å². The maximum absolute atomic E-state index is 11.2. The minimum absolute atomic E-state index is 0.403. The summed E-state index contributed by atoms with van der Waals surface area (Å²) in [6.07, 6.45) is 0.555. The molecule has 0 saturated carbocycles. The third-order valence-corrected chi connectivity index (χ3v) is 3.30. The number of ether oxygens (including phenoxy) is 1. The van der Waals surface area contributed by atoms with Gasteiger partial charge in [0, 0.05) is 5.75 Å². The second-order valence-corrected chi connectivity index (χ2v) is 4.09. The van der Waals surface area contributed by atoms with Crippen molar-refractivity contribution in [2.75, 3.05) is 18.6 Å². The van der Waals surface area contributed by atoms with E-state index in [0.717, 1.165) is 5.75 Å². The number of carboxylic acids is 1. The molecule has 5 heteroatoms. The first-order valence-electron chi connectivity index (χ1n) is 4.05. The fourth-order valence-electron chi connectivity index (χ4n) is 1.42. The number of aliphatic carboxylic acids is 1. The molecule has 74 valence electrons. The van der Waals surface area contributed by atoms with E-state index in [1.807, 2.05) is 0 Å². The van der Waals surface area contributed by atoms with Gasteiger partial charge in [-0.25, -0.2) is 0 Å². The molecule has 1 fully saturated rings. The molecule has 0 amide bonds. The number of carbonyl (C=O) groups is 2. The van der Waals surface area contributed by atoms with E-state index in [2.05, 4.69) is 4.74 Å². The van der Waals surface area contributed by atoms with Crippen LogP contribution in [0.3, 0.4) is 0 Å². The molecule has 1 aliphatic heterocycles. The van der Waals surface area contributed by atoms with Crippen LogP contribution in [0.15, 0.2) is 0 Å². The molecule has 0 spiro atoms. The fourth-order valence-corrected chi connectivity index (χ4v) is 2.63. The minimum atomic E-state index is -0.893. The van der Waals surface area contributed by atoms with E-state index >= 15 is 0 Å². The maximum Gasteiger partial charge on any atom is 0.310 e. The molecule has 2 unspecified atom stereocenters. The summed E-state index contributed by atoms with van der Waals surface area (Å²) in [4.78, 5) is 22.0. The van der Waals surface area contributed by atoms with Crippen molar-refractivity contribution in [3.8, 4) is 0 Å². The van der Waals surface area contributed by atoms with E-state index in [1.165, 1.54) is 7.11 Å². The van der Waals surface area contributed by atoms with Gasteiger partial charge in [0.15, 0.2) is 0 Å². The summed E-state index contributed by atoms with van der Waals surface area (Å²) in [5.41, 5.74) is 0. The normalized spacial score (nSPS) is 28.1. The van der Waals surface area contributed by atoms with E-state index < -0.39 is 23.8 Å². The lowest BCUT2D eigenvalue weighted by Gasteiger charge is -2.25. The molecule has 1 heterocycles. The highest BCUT2D eigenvalue weighted by Gasteiger charge is 2.36. The Morgan fingerprint density at radius 1 is 1.46 bits per heavy atom. The molecule has 1 N–H and O–H groups in total. The highest BCUT2D eigenvalue weighted by atomic mass is 32.2. The summed E-state index contributed by atoms with van der Waals surface area (Å²) >= 11 is 1.60.